The van der Waals surface area contributed by atoms with E-state index in [1.807, 2.05) is 17.0 Å². The number of rotatable bonds is 9. The van der Waals surface area contributed by atoms with Gasteiger partial charge in [-0.1, -0.05) is 36.4 Å². The van der Waals surface area contributed by atoms with Crippen LogP contribution in [0.2, 0.25) is 0 Å². The Bertz CT molecular complexity index is 907. The van der Waals surface area contributed by atoms with E-state index in [-0.39, 0.29) is 5.91 Å². The smallest absolute Gasteiger partial charge is 0.236 e. The van der Waals surface area contributed by atoms with Crippen LogP contribution in [-0.4, -0.2) is 105 Å². The summed E-state index contributed by atoms with van der Waals surface area (Å²) >= 11 is 0. The highest BCUT2D eigenvalue weighted by atomic mass is 16.5. The lowest BCUT2D eigenvalue weighted by atomic mass is 10.1. The van der Waals surface area contributed by atoms with Crippen molar-refractivity contribution in [3.05, 3.63) is 59.7 Å². The molecule has 0 atom stereocenters. The van der Waals surface area contributed by atoms with Crippen molar-refractivity contribution in [3.63, 3.8) is 0 Å². The third-order valence-corrected chi connectivity index (χ3v) is 6.96. The van der Waals surface area contributed by atoms with Crippen molar-refractivity contribution >= 4 is 5.91 Å². The fourth-order valence-corrected chi connectivity index (χ4v) is 4.79. The molecule has 2 aliphatic rings. The summed E-state index contributed by atoms with van der Waals surface area (Å²) in [6.07, 6.45) is 1.09. The average molecular weight is 467 g/mol. The van der Waals surface area contributed by atoms with Crippen molar-refractivity contribution in [2.75, 3.05) is 79.7 Å². The van der Waals surface area contributed by atoms with Crippen LogP contribution in [0.5, 0.6) is 11.5 Å². The van der Waals surface area contributed by atoms with E-state index in [1.165, 1.54) is 11.1 Å². The van der Waals surface area contributed by atoms with Gasteiger partial charge in [-0.15, -0.1) is 0 Å². The second-order valence-electron chi connectivity index (χ2n) is 9.20. The molecule has 2 aliphatic heterocycles. The topological polar surface area (TPSA) is 48.5 Å². The molecule has 0 radical (unpaired) electrons. The normalized spacial score (nSPS) is 18.1. The standard InChI is InChI=1S/C27H38N4O3/c1-33-25-9-8-24(20-26(25)34-2)21-29-16-18-31(19-17-29)27(32)22-30-14-12-28(13-15-30)11-10-23-6-4-3-5-7-23/h3-9,20H,10-19,21-22H2,1-2H3. The van der Waals surface area contributed by atoms with Gasteiger partial charge in [-0.05, 0) is 29.7 Å². The number of hydrogen-bond donors (Lipinski definition) is 0. The third kappa shape index (κ3) is 6.72. The lowest BCUT2D eigenvalue weighted by molar-refractivity contribution is -0.134. The molecule has 0 saturated carbocycles. The average Bonchev–Trinajstić information content (AvgIpc) is 2.89. The van der Waals surface area contributed by atoms with Crippen molar-refractivity contribution in [2.45, 2.75) is 13.0 Å². The summed E-state index contributed by atoms with van der Waals surface area (Å²) in [4.78, 5) is 22.2. The van der Waals surface area contributed by atoms with E-state index in [4.69, 9.17) is 9.47 Å². The monoisotopic (exact) mass is 466 g/mol. The van der Waals surface area contributed by atoms with Gasteiger partial charge in [-0.3, -0.25) is 14.6 Å². The Labute approximate surface area is 203 Å². The summed E-state index contributed by atoms with van der Waals surface area (Å²) in [6.45, 7) is 9.90. The molecular formula is C27H38N4O3. The molecule has 7 heteroatoms. The molecule has 0 unspecified atom stereocenters. The zero-order valence-electron chi connectivity index (χ0n) is 20.6. The minimum Gasteiger partial charge on any atom is -0.493 e. The number of carbonyl (C=O) groups excluding carboxylic acids is 1. The molecule has 34 heavy (non-hydrogen) atoms. The Morgan fingerprint density at radius 3 is 2.06 bits per heavy atom. The number of amides is 1. The van der Waals surface area contributed by atoms with Crippen LogP contribution in [0.15, 0.2) is 48.5 Å². The van der Waals surface area contributed by atoms with E-state index >= 15 is 0 Å². The molecule has 4 rings (SSSR count). The number of methoxy groups -OCH3 is 2. The minimum absolute atomic E-state index is 0.267. The van der Waals surface area contributed by atoms with E-state index in [0.717, 1.165) is 83.4 Å². The summed E-state index contributed by atoms with van der Waals surface area (Å²) in [6, 6.07) is 16.7. The number of carbonyl (C=O) groups is 1. The number of piperazine rings is 2. The molecule has 2 aromatic carbocycles. The lowest BCUT2D eigenvalue weighted by Gasteiger charge is -2.38. The van der Waals surface area contributed by atoms with Gasteiger partial charge in [-0.2, -0.15) is 0 Å². The summed E-state index contributed by atoms with van der Waals surface area (Å²) in [5.74, 6) is 1.77. The predicted octanol–water partition coefficient (Wildman–Crippen LogP) is 2.21. The largest absolute Gasteiger partial charge is 0.493 e. The highest BCUT2D eigenvalue weighted by Gasteiger charge is 2.25. The van der Waals surface area contributed by atoms with Crippen molar-refractivity contribution in [1.82, 2.24) is 19.6 Å². The SMILES string of the molecule is COc1ccc(CN2CCN(C(=O)CN3CCN(CCc4ccccc4)CC3)CC2)cc1OC. The van der Waals surface area contributed by atoms with Gasteiger partial charge >= 0.3 is 0 Å². The number of hydrogen-bond acceptors (Lipinski definition) is 6. The van der Waals surface area contributed by atoms with Crippen LogP contribution in [0.25, 0.3) is 0 Å². The Kier molecular flexibility index (Phi) is 8.79. The number of nitrogens with zero attached hydrogens (tertiary/aromatic N) is 4. The third-order valence-electron chi connectivity index (χ3n) is 6.96. The first-order chi connectivity index (χ1) is 16.6. The maximum absolute atomic E-state index is 12.9. The molecule has 184 valence electrons. The molecule has 2 fully saturated rings. The van der Waals surface area contributed by atoms with Gasteiger partial charge < -0.3 is 19.3 Å². The summed E-state index contributed by atoms with van der Waals surface area (Å²) in [5.41, 5.74) is 2.59. The Morgan fingerprint density at radius 2 is 1.38 bits per heavy atom. The van der Waals surface area contributed by atoms with Crippen LogP contribution in [0, 0.1) is 0 Å². The molecule has 2 heterocycles. The van der Waals surface area contributed by atoms with Crippen LogP contribution >= 0.6 is 0 Å². The van der Waals surface area contributed by atoms with Crippen LogP contribution in [0.3, 0.4) is 0 Å². The maximum Gasteiger partial charge on any atom is 0.236 e. The van der Waals surface area contributed by atoms with E-state index in [1.54, 1.807) is 14.2 Å². The molecule has 2 aromatic rings. The Hall–Kier alpha value is -2.61. The van der Waals surface area contributed by atoms with Gasteiger partial charge in [-0.25, -0.2) is 0 Å². The first-order valence-electron chi connectivity index (χ1n) is 12.3. The molecule has 0 aromatic heterocycles. The molecule has 0 N–H and O–H groups in total. The fraction of sp³-hybridized carbons (Fsp3) is 0.519. The number of ether oxygens (including phenoxy) is 2. The van der Waals surface area contributed by atoms with Gasteiger partial charge in [0.2, 0.25) is 5.91 Å². The fourth-order valence-electron chi connectivity index (χ4n) is 4.79. The minimum atomic E-state index is 0.267. The van der Waals surface area contributed by atoms with Crippen LogP contribution in [0.1, 0.15) is 11.1 Å². The molecule has 0 spiro atoms. The zero-order chi connectivity index (χ0) is 23.8. The van der Waals surface area contributed by atoms with Gasteiger partial charge in [0.15, 0.2) is 11.5 Å². The summed E-state index contributed by atoms with van der Waals surface area (Å²) in [5, 5.41) is 0. The quantitative estimate of drug-likeness (QED) is 0.565. The van der Waals surface area contributed by atoms with Crippen molar-refractivity contribution in [2.24, 2.45) is 0 Å². The zero-order valence-corrected chi connectivity index (χ0v) is 20.6. The van der Waals surface area contributed by atoms with Gasteiger partial charge in [0.1, 0.15) is 0 Å². The van der Waals surface area contributed by atoms with E-state index in [2.05, 4.69) is 51.1 Å². The first-order valence-corrected chi connectivity index (χ1v) is 12.3. The second kappa shape index (κ2) is 12.2. The van der Waals surface area contributed by atoms with Crippen LogP contribution < -0.4 is 9.47 Å². The highest BCUT2D eigenvalue weighted by molar-refractivity contribution is 5.78. The maximum atomic E-state index is 12.9. The van der Waals surface area contributed by atoms with E-state index in [0.29, 0.717) is 6.54 Å². The number of benzene rings is 2. The van der Waals surface area contributed by atoms with Crippen LogP contribution in [-0.2, 0) is 17.8 Å². The Balaban J connectivity index is 1.15. The molecule has 2 saturated heterocycles. The lowest BCUT2D eigenvalue weighted by Crippen LogP contribution is -2.53. The molecule has 1 amide bonds. The molecule has 0 bridgehead atoms. The van der Waals surface area contributed by atoms with Crippen LogP contribution in [0.4, 0.5) is 0 Å². The van der Waals surface area contributed by atoms with Gasteiger partial charge in [0.25, 0.3) is 0 Å². The van der Waals surface area contributed by atoms with Crippen molar-refractivity contribution in [3.8, 4) is 11.5 Å². The molecule has 7 nitrogen and oxygen atoms in total. The van der Waals surface area contributed by atoms with E-state index in [9.17, 15) is 4.79 Å². The Morgan fingerprint density at radius 1 is 0.735 bits per heavy atom. The van der Waals surface area contributed by atoms with Gasteiger partial charge in [0.05, 0.1) is 20.8 Å². The predicted molar refractivity (Wildman–Crippen MR) is 134 cm³/mol. The van der Waals surface area contributed by atoms with Gasteiger partial charge in [0, 0.05) is 65.4 Å². The molecule has 0 aliphatic carbocycles. The molecular weight excluding hydrogens is 428 g/mol. The summed E-state index contributed by atoms with van der Waals surface area (Å²) < 4.78 is 10.8. The summed E-state index contributed by atoms with van der Waals surface area (Å²) in [7, 11) is 3.32. The van der Waals surface area contributed by atoms with E-state index < -0.39 is 0 Å². The first kappa shape index (κ1) is 24.5. The second-order valence-corrected chi connectivity index (χ2v) is 9.20. The van der Waals surface area contributed by atoms with Crippen molar-refractivity contribution in [1.29, 1.82) is 0 Å². The van der Waals surface area contributed by atoms with Crippen molar-refractivity contribution < 1.29 is 14.3 Å². The highest BCUT2D eigenvalue weighted by Crippen LogP contribution is 2.28.